The van der Waals surface area contributed by atoms with E-state index in [0.717, 1.165) is 34.3 Å². The molecule has 0 spiro atoms. The zero-order valence-corrected chi connectivity index (χ0v) is 17.4. The number of hydrogen-bond acceptors (Lipinski definition) is 5. The molecule has 0 radical (unpaired) electrons. The summed E-state index contributed by atoms with van der Waals surface area (Å²) in [5.74, 6) is 2.25. The topological polar surface area (TPSA) is 54.9 Å². The normalized spacial score (nSPS) is 16.2. The third-order valence-electron chi connectivity index (χ3n) is 5.34. The van der Waals surface area contributed by atoms with E-state index in [1.165, 1.54) is 0 Å². The van der Waals surface area contributed by atoms with Crippen molar-refractivity contribution in [2.45, 2.75) is 0 Å². The van der Waals surface area contributed by atoms with E-state index in [4.69, 9.17) is 14.5 Å². The Kier molecular flexibility index (Phi) is 4.75. The van der Waals surface area contributed by atoms with Crippen LogP contribution in [-0.4, -0.2) is 55.2 Å². The van der Waals surface area contributed by atoms with Crippen LogP contribution in [0, 0.1) is 0 Å². The first-order valence-corrected chi connectivity index (χ1v) is 10.5. The van der Waals surface area contributed by atoms with Gasteiger partial charge in [-0.15, -0.1) is 0 Å². The monoisotopic (exact) mass is 453 g/mol. The number of benzene rings is 2. The molecule has 2 aliphatic heterocycles. The van der Waals surface area contributed by atoms with E-state index in [2.05, 4.69) is 39.0 Å². The SMILES string of the molecule is O=C(c1cc2c(cc1Br)OCCO2)N1CCN(c2ccc3ccccc3n2)CC1. The highest BCUT2D eigenvalue weighted by atomic mass is 79.9. The van der Waals surface area contributed by atoms with E-state index in [1.54, 1.807) is 6.07 Å². The van der Waals surface area contributed by atoms with Crippen LogP contribution in [0.25, 0.3) is 10.9 Å². The van der Waals surface area contributed by atoms with Crippen LogP contribution in [0.4, 0.5) is 5.82 Å². The van der Waals surface area contributed by atoms with Crippen LogP contribution in [0.3, 0.4) is 0 Å². The van der Waals surface area contributed by atoms with Gasteiger partial charge >= 0.3 is 0 Å². The zero-order chi connectivity index (χ0) is 19.8. The highest BCUT2D eigenvalue weighted by molar-refractivity contribution is 9.10. The fourth-order valence-electron chi connectivity index (χ4n) is 3.77. The number of para-hydroxylation sites is 1. The van der Waals surface area contributed by atoms with Crippen molar-refractivity contribution in [1.82, 2.24) is 9.88 Å². The van der Waals surface area contributed by atoms with Gasteiger partial charge in [0, 0.05) is 36.0 Å². The first-order valence-electron chi connectivity index (χ1n) is 9.68. The van der Waals surface area contributed by atoms with Crippen LogP contribution >= 0.6 is 15.9 Å². The smallest absolute Gasteiger partial charge is 0.255 e. The lowest BCUT2D eigenvalue weighted by atomic mass is 10.1. The van der Waals surface area contributed by atoms with Gasteiger partial charge in [0.1, 0.15) is 19.0 Å². The minimum atomic E-state index is -0.0000286. The molecule has 148 valence electrons. The van der Waals surface area contributed by atoms with Crippen molar-refractivity contribution in [3.05, 3.63) is 58.6 Å². The first kappa shape index (κ1) is 18.2. The van der Waals surface area contributed by atoms with Gasteiger partial charge < -0.3 is 19.3 Å². The molecule has 3 heterocycles. The Labute approximate surface area is 177 Å². The van der Waals surface area contributed by atoms with Gasteiger partial charge in [-0.25, -0.2) is 4.98 Å². The summed E-state index contributed by atoms with van der Waals surface area (Å²) in [6, 6.07) is 15.9. The maximum atomic E-state index is 13.1. The summed E-state index contributed by atoms with van der Waals surface area (Å²) in [6.45, 7) is 3.82. The molecule has 2 aromatic carbocycles. The van der Waals surface area contributed by atoms with Crippen molar-refractivity contribution >= 4 is 38.6 Å². The summed E-state index contributed by atoms with van der Waals surface area (Å²) < 4.78 is 11.9. The lowest BCUT2D eigenvalue weighted by Gasteiger charge is -2.35. The van der Waals surface area contributed by atoms with Gasteiger partial charge in [0.15, 0.2) is 11.5 Å². The van der Waals surface area contributed by atoms with Gasteiger partial charge in [-0.2, -0.15) is 0 Å². The minimum absolute atomic E-state index is 0.0000286. The summed E-state index contributed by atoms with van der Waals surface area (Å²) in [7, 11) is 0. The number of carbonyl (C=O) groups is 1. The van der Waals surface area contributed by atoms with Crippen molar-refractivity contribution < 1.29 is 14.3 Å². The van der Waals surface area contributed by atoms with Crippen LogP contribution in [0.5, 0.6) is 11.5 Å². The molecule has 2 aliphatic rings. The van der Waals surface area contributed by atoms with Gasteiger partial charge in [0.25, 0.3) is 5.91 Å². The average Bonchev–Trinajstić information content (AvgIpc) is 2.78. The molecule has 6 nitrogen and oxygen atoms in total. The lowest BCUT2D eigenvalue weighted by Crippen LogP contribution is -2.49. The molecule has 29 heavy (non-hydrogen) atoms. The van der Waals surface area contributed by atoms with Crippen molar-refractivity contribution in [2.75, 3.05) is 44.3 Å². The summed E-state index contributed by atoms with van der Waals surface area (Å²) >= 11 is 3.51. The molecule has 0 unspecified atom stereocenters. The number of piperazine rings is 1. The number of anilines is 1. The molecule has 7 heteroatoms. The largest absolute Gasteiger partial charge is 0.486 e. The molecule has 1 saturated heterocycles. The summed E-state index contributed by atoms with van der Waals surface area (Å²) in [5, 5.41) is 1.13. The second-order valence-electron chi connectivity index (χ2n) is 7.12. The third kappa shape index (κ3) is 3.51. The summed E-state index contributed by atoms with van der Waals surface area (Å²) in [6.07, 6.45) is 0. The number of halogens is 1. The molecule has 0 atom stereocenters. The fraction of sp³-hybridized carbons (Fsp3) is 0.273. The number of nitrogens with zero attached hydrogens (tertiary/aromatic N) is 3. The zero-order valence-electron chi connectivity index (χ0n) is 15.8. The average molecular weight is 454 g/mol. The van der Waals surface area contributed by atoms with Crippen molar-refractivity contribution in [2.24, 2.45) is 0 Å². The number of amides is 1. The second kappa shape index (κ2) is 7.55. The van der Waals surface area contributed by atoms with E-state index in [9.17, 15) is 4.79 Å². The van der Waals surface area contributed by atoms with Gasteiger partial charge in [-0.3, -0.25) is 4.79 Å². The Morgan fingerprint density at radius 1 is 0.931 bits per heavy atom. The molecule has 1 aromatic heterocycles. The number of rotatable bonds is 2. The van der Waals surface area contributed by atoms with E-state index in [1.807, 2.05) is 29.2 Å². The first-order chi connectivity index (χ1) is 14.2. The number of fused-ring (bicyclic) bond motifs is 2. The number of hydrogen-bond donors (Lipinski definition) is 0. The molecule has 1 amide bonds. The van der Waals surface area contributed by atoms with E-state index in [0.29, 0.717) is 43.4 Å². The molecule has 3 aromatic rings. The minimum Gasteiger partial charge on any atom is -0.486 e. The standard InChI is InChI=1S/C22H20BrN3O3/c23-17-14-20-19(28-11-12-29-20)13-16(17)22(27)26-9-7-25(8-10-26)21-6-5-15-3-1-2-4-18(15)24-21/h1-6,13-14H,7-12H2. The quantitative estimate of drug-likeness (QED) is 0.591. The Bertz CT molecular complexity index is 1080. The summed E-state index contributed by atoms with van der Waals surface area (Å²) in [5.41, 5.74) is 1.59. The van der Waals surface area contributed by atoms with Gasteiger partial charge in [0.05, 0.1) is 11.1 Å². The third-order valence-corrected chi connectivity index (χ3v) is 5.99. The molecular formula is C22H20BrN3O3. The molecule has 1 fully saturated rings. The predicted octanol–water partition coefficient (Wildman–Crippen LogP) is 3.73. The predicted molar refractivity (Wildman–Crippen MR) is 115 cm³/mol. The molecule has 0 aliphatic carbocycles. The second-order valence-corrected chi connectivity index (χ2v) is 7.97. The van der Waals surface area contributed by atoms with Gasteiger partial charge in [-0.1, -0.05) is 18.2 Å². The Balaban J connectivity index is 1.30. The Hall–Kier alpha value is -2.80. The number of aromatic nitrogens is 1. The maximum absolute atomic E-state index is 13.1. The fourth-order valence-corrected chi connectivity index (χ4v) is 4.26. The van der Waals surface area contributed by atoms with Crippen molar-refractivity contribution in [3.8, 4) is 11.5 Å². The number of pyridine rings is 1. The van der Waals surface area contributed by atoms with Crippen LogP contribution in [0.15, 0.2) is 53.0 Å². The van der Waals surface area contributed by atoms with Crippen LogP contribution in [-0.2, 0) is 0 Å². The number of carbonyl (C=O) groups excluding carboxylic acids is 1. The van der Waals surface area contributed by atoms with Gasteiger partial charge in [0.2, 0.25) is 0 Å². The maximum Gasteiger partial charge on any atom is 0.255 e. The molecule has 0 N–H and O–H groups in total. The molecular weight excluding hydrogens is 434 g/mol. The Morgan fingerprint density at radius 3 is 2.45 bits per heavy atom. The van der Waals surface area contributed by atoms with Crippen LogP contribution in [0.2, 0.25) is 0 Å². The Morgan fingerprint density at radius 2 is 1.66 bits per heavy atom. The lowest BCUT2D eigenvalue weighted by molar-refractivity contribution is 0.0744. The highest BCUT2D eigenvalue weighted by Gasteiger charge is 2.26. The highest BCUT2D eigenvalue weighted by Crippen LogP contribution is 2.36. The van der Waals surface area contributed by atoms with E-state index >= 15 is 0 Å². The van der Waals surface area contributed by atoms with Gasteiger partial charge in [-0.05, 0) is 46.3 Å². The van der Waals surface area contributed by atoms with Crippen molar-refractivity contribution in [3.63, 3.8) is 0 Å². The van der Waals surface area contributed by atoms with E-state index in [-0.39, 0.29) is 5.91 Å². The molecule has 0 saturated carbocycles. The van der Waals surface area contributed by atoms with Crippen LogP contribution < -0.4 is 14.4 Å². The van der Waals surface area contributed by atoms with Crippen LogP contribution in [0.1, 0.15) is 10.4 Å². The number of ether oxygens (including phenoxy) is 2. The van der Waals surface area contributed by atoms with Crippen molar-refractivity contribution in [1.29, 1.82) is 0 Å². The van der Waals surface area contributed by atoms with E-state index < -0.39 is 0 Å². The summed E-state index contributed by atoms with van der Waals surface area (Å²) in [4.78, 5) is 22.0. The molecule has 0 bridgehead atoms. The molecule has 5 rings (SSSR count).